The summed E-state index contributed by atoms with van der Waals surface area (Å²) in [5.74, 6) is 1.53. The van der Waals surface area contributed by atoms with Gasteiger partial charge in [-0.1, -0.05) is 0 Å². The number of ether oxygens (including phenoxy) is 2. The van der Waals surface area contributed by atoms with Crippen molar-refractivity contribution in [3.05, 3.63) is 46.1 Å². The number of nitro groups is 1. The monoisotopic (exact) mass is 314 g/mol. The Morgan fingerprint density at radius 1 is 1.22 bits per heavy atom. The molecular weight excluding hydrogens is 300 g/mol. The molecule has 118 valence electrons. The third kappa shape index (κ3) is 3.13. The summed E-state index contributed by atoms with van der Waals surface area (Å²) < 4.78 is 10.4. The number of hydrogen-bond acceptors (Lipinski definition) is 7. The van der Waals surface area contributed by atoms with Crippen LogP contribution in [0.4, 0.5) is 17.2 Å². The van der Waals surface area contributed by atoms with Crippen LogP contribution in [0.25, 0.3) is 0 Å². The zero-order chi connectivity index (χ0) is 17.0. The lowest BCUT2D eigenvalue weighted by Gasteiger charge is -2.19. The predicted octanol–water partition coefficient (Wildman–Crippen LogP) is 2.65. The smallest absolute Gasteiger partial charge is 0.305 e. The Bertz CT molecular complexity index is 786. The van der Waals surface area contributed by atoms with Gasteiger partial charge in [0.1, 0.15) is 11.9 Å². The van der Waals surface area contributed by atoms with Gasteiger partial charge in [0.05, 0.1) is 19.1 Å². The molecule has 0 unspecified atom stereocenters. The van der Waals surface area contributed by atoms with E-state index in [1.54, 1.807) is 36.2 Å². The van der Waals surface area contributed by atoms with E-state index < -0.39 is 4.92 Å². The van der Waals surface area contributed by atoms with Crippen molar-refractivity contribution in [3.8, 4) is 17.6 Å². The zero-order valence-electron chi connectivity index (χ0n) is 12.8. The zero-order valence-corrected chi connectivity index (χ0v) is 12.8. The van der Waals surface area contributed by atoms with Crippen LogP contribution in [0.5, 0.6) is 11.5 Å². The highest BCUT2D eigenvalue weighted by Gasteiger charge is 2.18. The van der Waals surface area contributed by atoms with Crippen molar-refractivity contribution < 1.29 is 14.4 Å². The maximum Gasteiger partial charge on any atom is 0.305 e. The summed E-state index contributed by atoms with van der Waals surface area (Å²) in [4.78, 5) is 15.9. The van der Waals surface area contributed by atoms with E-state index in [1.807, 2.05) is 0 Å². The van der Waals surface area contributed by atoms with Crippen LogP contribution in [0, 0.1) is 21.4 Å². The first-order valence-electron chi connectivity index (χ1n) is 6.53. The first kappa shape index (κ1) is 16.0. The molecule has 2 aromatic rings. The molecule has 0 aliphatic carbocycles. The van der Waals surface area contributed by atoms with E-state index in [2.05, 4.69) is 4.98 Å². The van der Waals surface area contributed by atoms with Crippen LogP contribution in [-0.4, -0.2) is 31.2 Å². The maximum absolute atomic E-state index is 10.9. The average Bonchev–Trinajstić information content (AvgIpc) is 2.59. The predicted molar refractivity (Wildman–Crippen MR) is 83.2 cm³/mol. The SMILES string of the molecule is COc1ccc(N(C)c2ccc([N+](=O)[O-])c(C#N)n2)cc1OC. The van der Waals surface area contributed by atoms with Gasteiger partial charge in [0.2, 0.25) is 5.69 Å². The Labute approximate surface area is 132 Å². The minimum Gasteiger partial charge on any atom is -0.493 e. The van der Waals surface area contributed by atoms with Crippen LogP contribution in [0.1, 0.15) is 5.69 Å². The molecule has 0 fully saturated rings. The van der Waals surface area contributed by atoms with Crippen molar-refractivity contribution in [2.45, 2.75) is 0 Å². The molecule has 0 saturated carbocycles. The van der Waals surface area contributed by atoms with Crippen LogP contribution in [0.2, 0.25) is 0 Å². The number of aromatic nitrogens is 1. The summed E-state index contributed by atoms with van der Waals surface area (Å²) in [7, 11) is 4.80. The summed E-state index contributed by atoms with van der Waals surface area (Å²) in [6.07, 6.45) is 0. The van der Waals surface area contributed by atoms with E-state index in [4.69, 9.17) is 14.7 Å². The molecule has 0 aliphatic heterocycles. The molecule has 1 aromatic heterocycles. The topological polar surface area (TPSA) is 102 Å². The Hall–Kier alpha value is -3.34. The highest BCUT2D eigenvalue weighted by atomic mass is 16.6. The van der Waals surface area contributed by atoms with Gasteiger partial charge < -0.3 is 14.4 Å². The summed E-state index contributed by atoms with van der Waals surface area (Å²) in [6, 6.07) is 9.75. The van der Waals surface area contributed by atoms with Crippen molar-refractivity contribution in [2.75, 3.05) is 26.2 Å². The highest BCUT2D eigenvalue weighted by Crippen LogP contribution is 2.33. The standard InChI is InChI=1S/C15H14N4O4/c1-18(10-4-6-13(22-2)14(8-10)23-3)15-7-5-12(19(20)21)11(9-16)17-15/h4-8H,1-3H3. The molecule has 0 aliphatic rings. The third-order valence-electron chi connectivity index (χ3n) is 3.26. The molecule has 0 spiro atoms. The number of nitriles is 1. The molecule has 0 atom stereocenters. The Morgan fingerprint density at radius 3 is 2.48 bits per heavy atom. The number of anilines is 2. The van der Waals surface area contributed by atoms with Gasteiger partial charge in [-0.25, -0.2) is 4.98 Å². The molecule has 0 saturated heterocycles. The van der Waals surface area contributed by atoms with Gasteiger partial charge in [-0.2, -0.15) is 5.26 Å². The van der Waals surface area contributed by atoms with Crippen LogP contribution >= 0.6 is 0 Å². The van der Waals surface area contributed by atoms with Gasteiger partial charge >= 0.3 is 5.69 Å². The minimum atomic E-state index is -0.633. The lowest BCUT2D eigenvalue weighted by molar-refractivity contribution is -0.385. The lowest BCUT2D eigenvalue weighted by atomic mass is 10.2. The quantitative estimate of drug-likeness (QED) is 0.617. The number of pyridine rings is 1. The van der Waals surface area contributed by atoms with Gasteiger partial charge in [-0.15, -0.1) is 0 Å². The van der Waals surface area contributed by atoms with E-state index in [0.29, 0.717) is 17.3 Å². The second-order valence-electron chi connectivity index (χ2n) is 4.50. The van der Waals surface area contributed by atoms with Crippen molar-refractivity contribution in [1.82, 2.24) is 4.98 Å². The third-order valence-corrected chi connectivity index (χ3v) is 3.26. The molecule has 8 nitrogen and oxygen atoms in total. The maximum atomic E-state index is 10.9. The van der Waals surface area contributed by atoms with E-state index in [-0.39, 0.29) is 11.4 Å². The van der Waals surface area contributed by atoms with E-state index in [9.17, 15) is 10.1 Å². The molecule has 0 amide bonds. The molecular formula is C15H14N4O4. The molecule has 8 heteroatoms. The molecule has 0 N–H and O–H groups in total. The number of rotatable bonds is 5. The Kier molecular flexibility index (Phi) is 4.61. The Balaban J connectivity index is 2.43. The first-order chi connectivity index (χ1) is 11.0. The number of hydrogen-bond donors (Lipinski definition) is 0. The van der Waals surface area contributed by atoms with Crippen molar-refractivity contribution in [2.24, 2.45) is 0 Å². The Morgan fingerprint density at radius 2 is 1.91 bits per heavy atom. The van der Waals surface area contributed by atoms with Crippen molar-refractivity contribution >= 4 is 17.2 Å². The van der Waals surface area contributed by atoms with Crippen LogP contribution in [0.15, 0.2) is 30.3 Å². The highest BCUT2D eigenvalue weighted by molar-refractivity contribution is 5.65. The lowest BCUT2D eigenvalue weighted by Crippen LogP contribution is -2.12. The van der Waals surface area contributed by atoms with Crippen molar-refractivity contribution in [3.63, 3.8) is 0 Å². The summed E-state index contributed by atoms with van der Waals surface area (Å²) in [6.45, 7) is 0. The minimum absolute atomic E-state index is 0.236. The second kappa shape index (κ2) is 6.62. The van der Waals surface area contributed by atoms with E-state index >= 15 is 0 Å². The van der Waals surface area contributed by atoms with Gasteiger partial charge in [-0.3, -0.25) is 10.1 Å². The second-order valence-corrected chi connectivity index (χ2v) is 4.50. The van der Waals surface area contributed by atoms with Gasteiger partial charge in [0, 0.05) is 24.9 Å². The van der Waals surface area contributed by atoms with E-state index in [0.717, 1.165) is 5.69 Å². The number of nitrogens with zero attached hydrogens (tertiary/aromatic N) is 4. The molecule has 23 heavy (non-hydrogen) atoms. The largest absolute Gasteiger partial charge is 0.493 e. The summed E-state index contributed by atoms with van der Waals surface area (Å²) in [5.41, 5.74) is 0.171. The fraction of sp³-hybridized carbons (Fsp3) is 0.200. The molecule has 1 heterocycles. The van der Waals surface area contributed by atoms with Gasteiger partial charge in [-0.05, 0) is 18.2 Å². The summed E-state index contributed by atoms with van der Waals surface area (Å²) >= 11 is 0. The number of methoxy groups -OCH3 is 2. The molecule has 1 aromatic carbocycles. The van der Waals surface area contributed by atoms with Crippen molar-refractivity contribution in [1.29, 1.82) is 5.26 Å². The van der Waals surface area contributed by atoms with Crippen LogP contribution < -0.4 is 14.4 Å². The van der Waals surface area contributed by atoms with Crippen LogP contribution in [-0.2, 0) is 0 Å². The van der Waals surface area contributed by atoms with Gasteiger partial charge in [0.15, 0.2) is 11.5 Å². The average molecular weight is 314 g/mol. The van der Waals surface area contributed by atoms with Crippen LogP contribution in [0.3, 0.4) is 0 Å². The molecule has 0 bridgehead atoms. The van der Waals surface area contributed by atoms with Gasteiger partial charge in [0.25, 0.3) is 0 Å². The molecule has 2 rings (SSSR count). The summed E-state index contributed by atoms with van der Waals surface area (Å²) in [5, 5.41) is 19.9. The van der Waals surface area contributed by atoms with E-state index in [1.165, 1.54) is 26.4 Å². The fourth-order valence-electron chi connectivity index (χ4n) is 2.02. The first-order valence-corrected chi connectivity index (χ1v) is 6.53. The normalized spacial score (nSPS) is 9.83. The fourth-order valence-corrected chi connectivity index (χ4v) is 2.02. The molecule has 0 radical (unpaired) electrons. The number of benzene rings is 1.